The first kappa shape index (κ1) is 21.6. The minimum Gasteiger partial charge on any atom is -0.489 e. The summed E-state index contributed by atoms with van der Waals surface area (Å²) in [5.74, 6) is -1.13. The number of aromatic nitrogens is 1. The Morgan fingerprint density at radius 3 is 2.71 bits per heavy atom. The molecule has 31 heavy (non-hydrogen) atoms. The second-order valence-corrected chi connectivity index (χ2v) is 8.52. The number of anilines is 1. The van der Waals surface area contributed by atoms with E-state index in [0.717, 1.165) is 25.8 Å². The molecule has 2 fully saturated rings. The lowest BCUT2D eigenvalue weighted by molar-refractivity contribution is 0.0694. The van der Waals surface area contributed by atoms with E-state index in [1.807, 2.05) is 16.4 Å². The number of rotatable bonds is 8. The fraction of sp³-hybridized carbons (Fsp3) is 0.565. The number of fused-ring (bicyclic) bond motifs is 1. The maximum atomic E-state index is 15.5. The van der Waals surface area contributed by atoms with E-state index in [2.05, 4.69) is 19.2 Å². The minimum absolute atomic E-state index is 0.0632. The number of carboxylic acid groups (broad SMARTS) is 1. The van der Waals surface area contributed by atoms with Crippen LogP contribution < -0.4 is 20.4 Å². The molecule has 1 saturated carbocycles. The standard InChI is InChI=1S/C23H30FN3O4/c1-4-25-13(3)14-8-9-26(11-14)20-18(24)10-16-19(22(20)31-5-2)27(15-6-7-15)12-17(21(16)28)23(29)30/h10,12-15,25H,4-9,11H2,1-3H3,(H,29,30)/t13-,14+/m1/s1. The number of hydrogen-bond acceptors (Lipinski definition) is 5. The largest absolute Gasteiger partial charge is 0.489 e. The summed E-state index contributed by atoms with van der Waals surface area (Å²) in [6.07, 6.45) is 4.11. The Morgan fingerprint density at radius 1 is 1.35 bits per heavy atom. The Kier molecular flexibility index (Phi) is 5.92. The zero-order valence-electron chi connectivity index (χ0n) is 18.3. The Hall–Kier alpha value is -2.61. The number of carboxylic acids is 1. The number of halogens is 1. The van der Waals surface area contributed by atoms with E-state index >= 15 is 4.39 Å². The van der Waals surface area contributed by atoms with Gasteiger partial charge in [-0.05, 0) is 51.6 Å². The Morgan fingerprint density at radius 2 is 2.10 bits per heavy atom. The molecule has 2 aromatic rings. The van der Waals surface area contributed by atoms with Crippen LogP contribution in [0.3, 0.4) is 0 Å². The highest BCUT2D eigenvalue weighted by atomic mass is 19.1. The third kappa shape index (κ3) is 3.89. The molecule has 1 aromatic carbocycles. The smallest absolute Gasteiger partial charge is 0.341 e. The summed E-state index contributed by atoms with van der Waals surface area (Å²) in [7, 11) is 0. The van der Waals surface area contributed by atoms with E-state index in [4.69, 9.17) is 4.74 Å². The molecule has 2 aliphatic rings. The SMILES string of the molecule is CCN[C@H](C)[C@H]1CCN(c2c(F)cc3c(=O)c(C(=O)O)cn(C4CC4)c3c2OCC)C1. The first-order valence-corrected chi connectivity index (χ1v) is 11.1. The van der Waals surface area contributed by atoms with Crippen LogP contribution in [0.2, 0.25) is 0 Å². The van der Waals surface area contributed by atoms with Gasteiger partial charge in [0.1, 0.15) is 11.3 Å². The van der Waals surface area contributed by atoms with Gasteiger partial charge < -0.3 is 24.6 Å². The van der Waals surface area contributed by atoms with Crippen molar-refractivity contribution in [3.05, 3.63) is 33.9 Å². The third-order valence-electron chi connectivity index (χ3n) is 6.43. The fourth-order valence-corrected chi connectivity index (χ4v) is 4.70. The van der Waals surface area contributed by atoms with Crippen LogP contribution in [0.25, 0.3) is 10.9 Å². The number of benzene rings is 1. The van der Waals surface area contributed by atoms with E-state index in [0.29, 0.717) is 48.6 Å². The predicted molar refractivity (Wildman–Crippen MR) is 118 cm³/mol. The molecule has 4 rings (SSSR count). The molecule has 1 saturated heterocycles. The van der Waals surface area contributed by atoms with Crippen molar-refractivity contribution in [1.82, 2.24) is 9.88 Å². The predicted octanol–water partition coefficient (Wildman–Crippen LogP) is 3.40. The highest BCUT2D eigenvalue weighted by Crippen LogP contribution is 2.44. The van der Waals surface area contributed by atoms with E-state index in [1.54, 1.807) is 0 Å². The highest BCUT2D eigenvalue weighted by molar-refractivity contribution is 5.97. The van der Waals surface area contributed by atoms with Gasteiger partial charge in [0.25, 0.3) is 0 Å². The van der Waals surface area contributed by atoms with Gasteiger partial charge in [-0.3, -0.25) is 4.79 Å². The molecule has 2 N–H and O–H groups in total. The molecule has 1 aliphatic heterocycles. The van der Waals surface area contributed by atoms with Gasteiger partial charge in [0.15, 0.2) is 11.6 Å². The average Bonchev–Trinajstić information content (AvgIpc) is 3.45. The highest BCUT2D eigenvalue weighted by Gasteiger charge is 2.34. The topological polar surface area (TPSA) is 83.8 Å². The molecule has 2 heterocycles. The van der Waals surface area contributed by atoms with E-state index in [1.165, 1.54) is 12.3 Å². The van der Waals surface area contributed by atoms with Crippen molar-refractivity contribution in [2.45, 2.75) is 52.1 Å². The minimum atomic E-state index is -1.30. The summed E-state index contributed by atoms with van der Waals surface area (Å²) in [6.45, 7) is 8.63. The lowest BCUT2D eigenvalue weighted by Crippen LogP contribution is -2.35. The number of ether oxygens (including phenoxy) is 1. The molecule has 0 spiro atoms. The monoisotopic (exact) mass is 431 g/mol. The maximum Gasteiger partial charge on any atom is 0.341 e. The number of nitrogens with one attached hydrogen (secondary N) is 1. The van der Waals surface area contributed by atoms with Crippen LogP contribution in [0, 0.1) is 11.7 Å². The number of carbonyl (C=O) groups is 1. The van der Waals surface area contributed by atoms with E-state index < -0.39 is 17.2 Å². The second kappa shape index (κ2) is 8.49. The van der Waals surface area contributed by atoms with Gasteiger partial charge in [-0.2, -0.15) is 0 Å². The van der Waals surface area contributed by atoms with Crippen molar-refractivity contribution in [3.63, 3.8) is 0 Å². The number of aromatic carboxylic acids is 1. The van der Waals surface area contributed by atoms with Crippen molar-refractivity contribution >= 4 is 22.6 Å². The van der Waals surface area contributed by atoms with Gasteiger partial charge in [0.05, 0.1) is 17.5 Å². The molecule has 0 unspecified atom stereocenters. The molecule has 168 valence electrons. The first-order chi connectivity index (χ1) is 14.9. The molecule has 2 atom stereocenters. The maximum absolute atomic E-state index is 15.5. The van der Waals surface area contributed by atoms with Crippen LogP contribution in [0.15, 0.2) is 17.1 Å². The Labute approximate surface area is 180 Å². The summed E-state index contributed by atoms with van der Waals surface area (Å²) >= 11 is 0. The average molecular weight is 432 g/mol. The van der Waals surface area contributed by atoms with Gasteiger partial charge in [-0.25, -0.2) is 9.18 Å². The van der Waals surface area contributed by atoms with Crippen molar-refractivity contribution in [2.75, 3.05) is 31.1 Å². The zero-order chi connectivity index (χ0) is 22.3. The number of pyridine rings is 1. The molecule has 0 amide bonds. The summed E-state index contributed by atoms with van der Waals surface area (Å²) in [6, 6.07) is 1.61. The van der Waals surface area contributed by atoms with Crippen LogP contribution >= 0.6 is 0 Å². The van der Waals surface area contributed by atoms with Crippen molar-refractivity contribution < 1.29 is 19.0 Å². The van der Waals surface area contributed by atoms with Crippen LogP contribution in [0.5, 0.6) is 5.75 Å². The summed E-state index contributed by atoms with van der Waals surface area (Å²) in [5, 5.41) is 13.0. The van der Waals surface area contributed by atoms with Crippen LogP contribution in [-0.2, 0) is 0 Å². The lowest BCUT2D eigenvalue weighted by atomic mass is 10.0. The molecule has 7 nitrogen and oxygen atoms in total. The number of nitrogens with zero attached hydrogens (tertiary/aromatic N) is 2. The lowest BCUT2D eigenvalue weighted by Gasteiger charge is -2.26. The Bertz CT molecular complexity index is 1060. The van der Waals surface area contributed by atoms with Crippen LogP contribution in [0.4, 0.5) is 10.1 Å². The Balaban J connectivity index is 1.89. The van der Waals surface area contributed by atoms with Gasteiger partial charge >= 0.3 is 5.97 Å². The van der Waals surface area contributed by atoms with Crippen LogP contribution in [-0.4, -0.2) is 47.9 Å². The molecular weight excluding hydrogens is 401 g/mol. The quantitative estimate of drug-likeness (QED) is 0.667. The van der Waals surface area contributed by atoms with Crippen molar-refractivity contribution in [1.29, 1.82) is 0 Å². The molecular formula is C23H30FN3O4. The van der Waals surface area contributed by atoms with Crippen molar-refractivity contribution in [3.8, 4) is 5.75 Å². The molecule has 1 aliphatic carbocycles. The zero-order valence-corrected chi connectivity index (χ0v) is 18.3. The van der Waals surface area contributed by atoms with E-state index in [-0.39, 0.29) is 17.0 Å². The fourth-order valence-electron chi connectivity index (χ4n) is 4.70. The van der Waals surface area contributed by atoms with Gasteiger partial charge in [0.2, 0.25) is 5.43 Å². The van der Waals surface area contributed by atoms with Crippen LogP contribution in [0.1, 0.15) is 56.4 Å². The molecule has 1 aromatic heterocycles. The van der Waals surface area contributed by atoms with Gasteiger partial charge in [-0.1, -0.05) is 6.92 Å². The normalized spacial score (nSPS) is 19.7. The number of hydrogen-bond donors (Lipinski definition) is 2. The molecule has 0 radical (unpaired) electrons. The molecule has 8 heteroatoms. The summed E-state index contributed by atoms with van der Waals surface area (Å²) in [4.78, 5) is 26.5. The second-order valence-electron chi connectivity index (χ2n) is 8.52. The third-order valence-corrected chi connectivity index (χ3v) is 6.43. The van der Waals surface area contributed by atoms with E-state index in [9.17, 15) is 14.7 Å². The van der Waals surface area contributed by atoms with Crippen molar-refractivity contribution in [2.24, 2.45) is 5.92 Å². The van der Waals surface area contributed by atoms with Gasteiger partial charge in [0, 0.05) is 31.4 Å². The molecule has 0 bridgehead atoms. The first-order valence-electron chi connectivity index (χ1n) is 11.1. The van der Waals surface area contributed by atoms with Gasteiger partial charge in [-0.15, -0.1) is 0 Å². The summed E-state index contributed by atoms with van der Waals surface area (Å²) < 4.78 is 23.2. The summed E-state index contributed by atoms with van der Waals surface area (Å²) in [5.41, 5.74) is -0.142.